The molecule has 3 rings (SSSR count). The van der Waals surface area contributed by atoms with Gasteiger partial charge in [-0.25, -0.2) is 4.68 Å². The Kier molecular flexibility index (Phi) is 5.47. The SMILES string of the molecule is NCCn1nnnc1CC(=O)N[C@H]1Cc2cccc(C(O)O)c2OB1O. The fourth-order valence-electron chi connectivity index (χ4n) is 2.82. The average molecular weight is 362 g/mol. The number of hydrogen-bond donors (Lipinski definition) is 5. The third-order valence-electron chi connectivity index (χ3n) is 4.04. The van der Waals surface area contributed by atoms with Crippen LogP contribution in [0.4, 0.5) is 0 Å². The van der Waals surface area contributed by atoms with Crippen molar-refractivity contribution in [3.8, 4) is 5.75 Å². The summed E-state index contributed by atoms with van der Waals surface area (Å²) in [4.78, 5) is 12.3. The van der Waals surface area contributed by atoms with Crippen LogP contribution in [0.5, 0.6) is 5.75 Å². The molecule has 0 fully saturated rings. The van der Waals surface area contributed by atoms with Gasteiger partial charge in [0.05, 0.1) is 18.9 Å². The second kappa shape index (κ2) is 7.78. The lowest BCUT2D eigenvalue weighted by molar-refractivity contribution is -0.121. The number of nitrogens with two attached hydrogens (primary N) is 1. The first-order chi connectivity index (χ1) is 12.5. The molecule has 11 nitrogen and oxygen atoms in total. The zero-order valence-corrected chi connectivity index (χ0v) is 13.8. The molecule has 0 radical (unpaired) electrons. The Morgan fingerprint density at radius 2 is 2.31 bits per heavy atom. The van der Waals surface area contributed by atoms with Crippen molar-refractivity contribution >= 4 is 13.0 Å². The van der Waals surface area contributed by atoms with Crippen LogP contribution in [-0.2, 0) is 24.2 Å². The van der Waals surface area contributed by atoms with Crippen molar-refractivity contribution < 1.29 is 24.7 Å². The number of hydrogen-bond acceptors (Lipinski definition) is 9. The Morgan fingerprint density at radius 3 is 3.04 bits per heavy atom. The van der Waals surface area contributed by atoms with E-state index in [1.807, 2.05) is 0 Å². The number of rotatable bonds is 6. The summed E-state index contributed by atoms with van der Waals surface area (Å²) < 4.78 is 6.84. The van der Waals surface area contributed by atoms with Gasteiger partial charge in [0, 0.05) is 12.1 Å². The van der Waals surface area contributed by atoms with Crippen molar-refractivity contribution in [3.05, 3.63) is 35.2 Å². The van der Waals surface area contributed by atoms with E-state index in [1.165, 1.54) is 10.7 Å². The van der Waals surface area contributed by atoms with E-state index >= 15 is 0 Å². The highest BCUT2D eigenvalue weighted by Gasteiger charge is 2.37. The molecule has 0 saturated heterocycles. The zero-order chi connectivity index (χ0) is 18.7. The van der Waals surface area contributed by atoms with Gasteiger partial charge in [-0.1, -0.05) is 18.2 Å². The third-order valence-corrected chi connectivity index (χ3v) is 4.04. The molecule has 0 spiro atoms. The minimum atomic E-state index is -1.72. The van der Waals surface area contributed by atoms with Gasteiger partial charge in [0.1, 0.15) is 5.75 Å². The molecule has 1 aromatic heterocycles. The van der Waals surface area contributed by atoms with Crippen molar-refractivity contribution in [2.75, 3.05) is 6.54 Å². The van der Waals surface area contributed by atoms with Gasteiger partial charge in [-0.2, -0.15) is 0 Å². The Morgan fingerprint density at radius 1 is 1.50 bits per heavy atom. The number of fused-ring (bicyclic) bond motifs is 1. The average Bonchev–Trinajstić information content (AvgIpc) is 3.02. The molecule has 0 bridgehead atoms. The maximum atomic E-state index is 12.3. The van der Waals surface area contributed by atoms with Crippen LogP contribution in [0.3, 0.4) is 0 Å². The summed E-state index contributed by atoms with van der Waals surface area (Å²) >= 11 is 0. The highest BCUT2D eigenvalue weighted by Crippen LogP contribution is 2.32. The molecule has 138 valence electrons. The first kappa shape index (κ1) is 18.3. The Bertz CT molecular complexity index is 785. The summed E-state index contributed by atoms with van der Waals surface area (Å²) in [5.41, 5.74) is 6.28. The normalized spacial score (nSPS) is 16.3. The van der Waals surface area contributed by atoms with Crippen LogP contribution in [0.2, 0.25) is 0 Å². The third kappa shape index (κ3) is 3.83. The number of tetrazole rings is 1. The fraction of sp³-hybridized carbons (Fsp3) is 0.429. The molecule has 26 heavy (non-hydrogen) atoms. The molecule has 1 amide bonds. The van der Waals surface area contributed by atoms with E-state index in [0.29, 0.717) is 24.5 Å². The molecule has 1 aromatic carbocycles. The predicted molar refractivity (Wildman–Crippen MR) is 88.4 cm³/mol. The molecule has 6 N–H and O–H groups in total. The molecule has 12 heteroatoms. The van der Waals surface area contributed by atoms with Crippen molar-refractivity contribution in [1.29, 1.82) is 0 Å². The summed E-state index contributed by atoms with van der Waals surface area (Å²) in [7, 11) is -1.33. The highest BCUT2D eigenvalue weighted by atomic mass is 16.5. The first-order valence-corrected chi connectivity index (χ1v) is 8.06. The molecule has 0 saturated carbocycles. The number of amides is 1. The molecular formula is C14H19BN6O5. The van der Waals surface area contributed by atoms with E-state index in [1.54, 1.807) is 12.1 Å². The van der Waals surface area contributed by atoms with Gasteiger partial charge < -0.3 is 30.9 Å². The van der Waals surface area contributed by atoms with Crippen molar-refractivity contribution in [3.63, 3.8) is 0 Å². The standard InChI is InChI=1S/C14H19BN6O5/c16-4-5-21-11(18-19-20-21)7-12(22)17-10-6-8-2-1-3-9(14(23)24)13(8)26-15(10)25/h1-3,10,14,23-25H,4-7,16H2,(H,17,22)/t10-/m0/s1. The zero-order valence-electron chi connectivity index (χ0n) is 13.8. The van der Waals surface area contributed by atoms with Crippen LogP contribution in [-0.4, -0.2) is 61.0 Å². The monoisotopic (exact) mass is 362 g/mol. The van der Waals surface area contributed by atoms with Crippen LogP contribution < -0.4 is 15.7 Å². The molecule has 0 aliphatic carbocycles. The first-order valence-electron chi connectivity index (χ1n) is 8.06. The largest absolute Gasteiger partial charge is 0.547 e. The minimum Gasteiger partial charge on any atom is -0.534 e. The Hall–Kier alpha value is -2.54. The topological polar surface area (TPSA) is 169 Å². The molecule has 1 aliphatic heterocycles. The molecule has 2 aromatic rings. The number of nitrogens with zero attached hydrogens (tertiary/aromatic N) is 4. The lowest BCUT2D eigenvalue weighted by Crippen LogP contribution is -2.53. The number of aliphatic hydroxyl groups excluding tert-OH is 1. The second-order valence-electron chi connectivity index (χ2n) is 5.88. The van der Waals surface area contributed by atoms with E-state index in [2.05, 4.69) is 20.8 Å². The smallest absolute Gasteiger partial charge is 0.534 e. The van der Waals surface area contributed by atoms with E-state index < -0.39 is 19.3 Å². The maximum absolute atomic E-state index is 12.3. The summed E-state index contributed by atoms with van der Waals surface area (Å²) in [6.07, 6.45) is -1.51. The number of carbonyl (C=O) groups excluding carboxylic acids is 1. The van der Waals surface area contributed by atoms with Crippen LogP contribution in [0, 0.1) is 0 Å². The van der Waals surface area contributed by atoms with Gasteiger partial charge in [-0.05, 0) is 22.4 Å². The van der Waals surface area contributed by atoms with Crippen LogP contribution in [0.15, 0.2) is 18.2 Å². The molecule has 2 heterocycles. The fourth-order valence-corrected chi connectivity index (χ4v) is 2.82. The predicted octanol–water partition coefficient (Wildman–Crippen LogP) is -2.70. The number of carbonyl (C=O) groups is 1. The van der Waals surface area contributed by atoms with Crippen molar-refractivity contribution in [2.24, 2.45) is 5.73 Å². The molecule has 1 aliphatic rings. The van der Waals surface area contributed by atoms with Gasteiger partial charge >= 0.3 is 7.12 Å². The van der Waals surface area contributed by atoms with Crippen molar-refractivity contribution in [2.45, 2.75) is 31.6 Å². The summed E-state index contributed by atoms with van der Waals surface area (Å²) in [5, 5.41) is 42.7. The molecule has 0 unspecified atom stereocenters. The lowest BCUT2D eigenvalue weighted by atomic mass is 9.72. The van der Waals surface area contributed by atoms with Gasteiger partial charge in [0.25, 0.3) is 0 Å². The number of benzene rings is 1. The lowest BCUT2D eigenvalue weighted by Gasteiger charge is -2.29. The summed E-state index contributed by atoms with van der Waals surface area (Å²) in [5.74, 6) is -0.495. The number of aromatic nitrogens is 4. The van der Waals surface area contributed by atoms with E-state index in [4.69, 9.17) is 10.4 Å². The number of aliphatic hydroxyl groups is 2. The van der Waals surface area contributed by atoms with Crippen LogP contribution in [0.1, 0.15) is 23.2 Å². The minimum absolute atomic E-state index is 0.0710. The van der Waals surface area contributed by atoms with Crippen molar-refractivity contribution in [1.82, 2.24) is 25.5 Å². The van der Waals surface area contributed by atoms with E-state index in [9.17, 15) is 20.0 Å². The maximum Gasteiger partial charge on any atom is 0.547 e. The van der Waals surface area contributed by atoms with E-state index in [-0.39, 0.29) is 30.1 Å². The van der Waals surface area contributed by atoms with Gasteiger partial charge in [-0.15, -0.1) is 5.10 Å². The molecule has 1 atom stereocenters. The highest BCUT2D eigenvalue weighted by molar-refractivity contribution is 6.46. The second-order valence-corrected chi connectivity index (χ2v) is 5.88. The Labute approximate surface area is 148 Å². The van der Waals surface area contributed by atoms with Gasteiger partial charge in [0.2, 0.25) is 5.91 Å². The number of para-hydroxylation sites is 1. The Balaban J connectivity index is 1.68. The summed E-state index contributed by atoms with van der Waals surface area (Å²) in [6.45, 7) is 0.731. The van der Waals surface area contributed by atoms with Crippen LogP contribution in [0.25, 0.3) is 0 Å². The van der Waals surface area contributed by atoms with Gasteiger partial charge in [0.15, 0.2) is 12.1 Å². The molecular weight excluding hydrogens is 343 g/mol. The number of nitrogens with one attached hydrogen (secondary N) is 1. The summed E-state index contributed by atoms with van der Waals surface area (Å²) in [6, 6.07) is 4.87. The quantitative estimate of drug-likeness (QED) is 0.271. The van der Waals surface area contributed by atoms with Gasteiger partial charge in [-0.3, -0.25) is 4.79 Å². The van der Waals surface area contributed by atoms with E-state index in [0.717, 1.165) is 0 Å². The van der Waals surface area contributed by atoms with Crippen LogP contribution >= 0.6 is 0 Å².